The van der Waals surface area contributed by atoms with E-state index < -0.39 is 0 Å². The second kappa shape index (κ2) is 25.9. The fraction of sp³-hybridized carbons (Fsp3) is 0.882. The van der Waals surface area contributed by atoms with E-state index in [1.54, 1.807) is 11.1 Å². The number of unbranched alkanes of at least 4 members (excludes halogenated alkanes) is 2. The zero-order valence-corrected chi connectivity index (χ0v) is 50.1. The van der Waals surface area contributed by atoms with E-state index in [4.69, 9.17) is 18.9 Å². The highest BCUT2D eigenvalue weighted by atomic mass is 16.6. The molecule has 0 saturated heterocycles. The van der Waals surface area contributed by atoms with Crippen molar-refractivity contribution in [3.05, 3.63) is 23.3 Å². The molecule has 76 heavy (non-hydrogen) atoms. The predicted molar refractivity (Wildman–Crippen MR) is 305 cm³/mol. The van der Waals surface area contributed by atoms with Gasteiger partial charge in [0.25, 0.3) is 0 Å². The van der Waals surface area contributed by atoms with Gasteiger partial charge in [-0.3, -0.25) is 19.2 Å². The van der Waals surface area contributed by atoms with Gasteiger partial charge in [-0.25, -0.2) is 0 Å². The summed E-state index contributed by atoms with van der Waals surface area (Å²) in [6.45, 7) is 25.0. The summed E-state index contributed by atoms with van der Waals surface area (Å²) < 4.78 is 22.8. The van der Waals surface area contributed by atoms with Crippen molar-refractivity contribution in [3.63, 3.8) is 0 Å². The summed E-state index contributed by atoms with van der Waals surface area (Å²) in [4.78, 5) is 50.8. The lowest BCUT2D eigenvalue weighted by Crippen LogP contribution is -2.51. The minimum absolute atomic E-state index is 0.00587. The molecule has 8 nitrogen and oxygen atoms in total. The first-order chi connectivity index (χ1) is 36.2. The Bertz CT molecular complexity index is 1890. The standard InChI is InChI=1S/C68H110O8/c1-45(2)17-15-19-47(5)55-29-31-57-53-27-25-49-43-51(33-37-65(49,7)59(53)35-39-67(55,57)9)75-63(71)23-13-11-21-61(69)73-41-42-74-62(70)22-12-14-24-64(72)76-52-34-38-66(8)50(44-52)26-28-54-58-32-30-56(48(6)20-16-18-46(3)4)68(58,10)40-36-60(54)66/h25-26,45-48,51-60H,11-24,27-44H2,1-10H3/t47-,48-,51?,52?,53+,54+,55-,56-,57+,58+,59+,60+,65+,66+,67-,68-/m1/s1. The molecule has 6 fully saturated rings. The Kier molecular flexibility index (Phi) is 20.2. The summed E-state index contributed by atoms with van der Waals surface area (Å²) in [7, 11) is 0. The molecule has 0 aromatic carbocycles. The molecule has 8 aliphatic rings. The molecule has 0 radical (unpaired) electrons. The zero-order valence-electron chi connectivity index (χ0n) is 50.1. The number of carbonyl (C=O) groups is 4. The number of allylic oxidation sites excluding steroid dienone is 2. The number of carbonyl (C=O) groups excluding carboxylic acids is 4. The maximum atomic E-state index is 13.0. The van der Waals surface area contributed by atoms with Crippen LogP contribution in [0.15, 0.2) is 23.3 Å². The molecule has 430 valence electrons. The Morgan fingerprint density at radius 1 is 0.461 bits per heavy atom. The van der Waals surface area contributed by atoms with E-state index >= 15 is 0 Å². The first kappa shape index (κ1) is 59.5. The van der Waals surface area contributed by atoms with Gasteiger partial charge in [-0.15, -0.1) is 0 Å². The van der Waals surface area contributed by atoms with Crippen LogP contribution in [0.1, 0.15) is 262 Å². The minimum atomic E-state index is -0.354. The number of fused-ring (bicyclic) bond motifs is 10. The summed E-state index contributed by atoms with van der Waals surface area (Å²) in [5, 5.41) is 0. The van der Waals surface area contributed by atoms with Crippen molar-refractivity contribution in [1.29, 1.82) is 0 Å². The third kappa shape index (κ3) is 13.4. The maximum Gasteiger partial charge on any atom is 0.306 e. The first-order valence-corrected chi connectivity index (χ1v) is 32.3. The van der Waals surface area contributed by atoms with E-state index in [1.807, 2.05) is 0 Å². The lowest BCUT2D eigenvalue weighted by Gasteiger charge is -2.58. The molecule has 0 aliphatic heterocycles. The van der Waals surface area contributed by atoms with Gasteiger partial charge in [0.2, 0.25) is 0 Å². The van der Waals surface area contributed by atoms with Crippen LogP contribution < -0.4 is 0 Å². The monoisotopic (exact) mass is 1050 g/mol. The number of hydrogen-bond acceptors (Lipinski definition) is 8. The van der Waals surface area contributed by atoms with Gasteiger partial charge >= 0.3 is 23.9 Å². The second-order valence-corrected chi connectivity index (χ2v) is 29.1. The summed E-state index contributed by atoms with van der Waals surface area (Å²) in [6, 6.07) is 0. The van der Waals surface area contributed by atoms with Crippen molar-refractivity contribution in [3.8, 4) is 0 Å². The van der Waals surface area contributed by atoms with Crippen LogP contribution in [0.25, 0.3) is 0 Å². The van der Waals surface area contributed by atoms with E-state index in [2.05, 4.69) is 81.4 Å². The van der Waals surface area contributed by atoms with E-state index in [1.165, 1.54) is 103 Å². The van der Waals surface area contributed by atoms with Crippen LogP contribution in [0.3, 0.4) is 0 Å². The van der Waals surface area contributed by atoms with Gasteiger partial charge in [0.15, 0.2) is 0 Å². The molecule has 6 saturated carbocycles. The van der Waals surface area contributed by atoms with Crippen molar-refractivity contribution in [1.82, 2.24) is 0 Å². The highest BCUT2D eigenvalue weighted by Crippen LogP contribution is 2.69. The van der Waals surface area contributed by atoms with E-state index in [0.29, 0.717) is 49.4 Å². The summed E-state index contributed by atoms with van der Waals surface area (Å²) in [5.74, 6) is 8.72. The highest BCUT2D eigenvalue weighted by molar-refractivity contribution is 5.71. The van der Waals surface area contributed by atoms with E-state index in [9.17, 15) is 19.2 Å². The summed E-state index contributed by atoms with van der Waals surface area (Å²) >= 11 is 0. The van der Waals surface area contributed by atoms with Crippen LogP contribution in [0, 0.1) is 92.7 Å². The van der Waals surface area contributed by atoms with E-state index in [0.717, 1.165) is 110 Å². The van der Waals surface area contributed by atoms with Crippen LogP contribution in [-0.4, -0.2) is 49.3 Å². The van der Waals surface area contributed by atoms with E-state index in [-0.39, 0.29) is 73.0 Å². The molecule has 8 rings (SSSR count). The average Bonchev–Trinajstić information content (AvgIpc) is 3.92. The van der Waals surface area contributed by atoms with Crippen molar-refractivity contribution in [2.75, 3.05) is 13.2 Å². The fourth-order valence-electron chi connectivity index (χ4n) is 19.5. The van der Waals surface area contributed by atoms with Crippen LogP contribution in [0.5, 0.6) is 0 Å². The number of rotatable bonds is 25. The van der Waals surface area contributed by atoms with Crippen molar-refractivity contribution in [2.45, 2.75) is 274 Å². The molecule has 0 amide bonds. The molecule has 0 aromatic heterocycles. The van der Waals surface area contributed by atoms with Crippen LogP contribution >= 0.6 is 0 Å². The van der Waals surface area contributed by atoms with Gasteiger partial charge in [0, 0.05) is 38.5 Å². The Morgan fingerprint density at radius 3 is 1.22 bits per heavy atom. The van der Waals surface area contributed by atoms with Crippen LogP contribution in [-0.2, 0) is 38.1 Å². The third-order valence-corrected chi connectivity index (χ3v) is 23.7. The lowest BCUT2D eigenvalue weighted by atomic mass is 9.47. The molecule has 0 heterocycles. The van der Waals surface area contributed by atoms with Gasteiger partial charge in [0.1, 0.15) is 25.4 Å². The van der Waals surface area contributed by atoms with Gasteiger partial charge in [0.05, 0.1) is 0 Å². The summed E-state index contributed by atoms with van der Waals surface area (Å²) in [6.07, 6.45) is 35.8. The van der Waals surface area contributed by atoms with Crippen molar-refractivity contribution >= 4 is 23.9 Å². The van der Waals surface area contributed by atoms with Gasteiger partial charge in [-0.05, 0) is 208 Å². The van der Waals surface area contributed by atoms with Crippen molar-refractivity contribution in [2.24, 2.45) is 92.7 Å². The Hall–Kier alpha value is -2.64. The topological polar surface area (TPSA) is 105 Å². The quantitative estimate of drug-likeness (QED) is 0.0385. The predicted octanol–water partition coefficient (Wildman–Crippen LogP) is 17.1. The van der Waals surface area contributed by atoms with Gasteiger partial charge in [-0.2, -0.15) is 0 Å². The smallest absolute Gasteiger partial charge is 0.306 e. The average molecular weight is 1060 g/mol. The highest BCUT2D eigenvalue weighted by Gasteiger charge is 2.61. The summed E-state index contributed by atoms with van der Waals surface area (Å²) in [5.41, 5.74) is 4.51. The number of ether oxygens (including phenoxy) is 4. The molecular weight excluding hydrogens is 945 g/mol. The minimum Gasteiger partial charge on any atom is -0.462 e. The Balaban J connectivity index is 0.645. The SMILES string of the molecule is CC(C)CCC[C@@H](C)[C@H]1CC[C@H]2[C@@H]3CC=C4CC(OC(=O)CCCCC(=O)OCCOC(=O)CCCCC(=O)OC5CC[C@@]6(C)C(=CC[C@H]7[C@@H]8CC[C@H]([C@H](C)CCCC(C)C)[C@@]8(C)CC[C@@H]76)C5)CC[C@]4(C)[C@H]3CC[C@]12C. The van der Waals surface area contributed by atoms with Crippen LogP contribution in [0.2, 0.25) is 0 Å². The molecule has 8 aliphatic carbocycles. The molecule has 0 aromatic rings. The van der Waals surface area contributed by atoms with Gasteiger partial charge < -0.3 is 18.9 Å². The normalized spacial score (nSPS) is 37.3. The Labute approximate surface area is 463 Å². The molecule has 2 unspecified atom stereocenters. The molecule has 0 N–H and O–H groups in total. The molecule has 0 bridgehead atoms. The number of hydrogen-bond donors (Lipinski definition) is 0. The largest absolute Gasteiger partial charge is 0.462 e. The van der Waals surface area contributed by atoms with Gasteiger partial charge in [-0.1, -0.05) is 131 Å². The lowest BCUT2D eigenvalue weighted by molar-refractivity contribution is -0.153. The molecular formula is C68H110O8. The molecule has 8 heteroatoms. The second-order valence-electron chi connectivity index (χ2n) is 29.1. The zero-order chi connectivity index (χ0) is 54.4. The fourth-order valence-corrected chi connectivity index (χ4v) is 19.5. The van der Waals surface area contributed by atoms with Crippen molar-refractivity contribution < 1.29 is 38.1 Å². The maximum absolute atomic E-state index is 13.0. The number of esters is 4. The molecule has 16 atom stereocenters. The third-order valence-electron chi connectivity index (χ3n) is 23.7. The molecule has 0 spiro atoms. The Morgan fingerprint density at radius 2 is 0.842 bits per heavy atom. The first-order valence-electron chi connectivity index (χ1n) is 32.3. The van der Waals surface area contributed by atoms with Crippen LogP contribution in [0.4, 0.5) is 0 Å².